The summed E-state index contributed by atoms with van der Waals surface area (Å²) in [6, 6.07) is 8.60. The van der Waals surface area contributed by atoms with Crippen LogP contribution in [0.3, 0.4) is 0 Å². The van der Waals surface area contributed by atoms with Crippen LogP contribution in [-0.4, -0.2) is 41.8 Å². The van der Waals surface area contributed by atoms with Gasteiger partial charge in [-0.2, -0.15) is 0 Å². The summed E-state index contributed by atoms with van der Waals surface area (Å²) in [6.07, 6.45) is 1.71. The van der Waals surface area contributed by atoms with Crippen molar-refractivity contribution < 1.29 is 33.0 Å². The maximum atomic E-state index is 13.8. The molecule has 5 rings (SSSR count). The standard InChI is InChI=1S/C26H28F2N2O5/c27-16-3-5-21(28)15(8-16)12-29-24(32)11-18-10-20-19-9-17(30-25(33)7-14-1-2-14)4-6-22(19)35-26(20)23(13-31)34-18/h3-6,8-9,14,18,20,23,26,31H,1-2,7,10-13H2,(H,29,32)(H,30,33)/t18-,20+,23-,26-/m1/s1. The third-order valence-electron chi connectivity index (χ3n) is 6.85. The SMILES string of the molecule is O=C(C[C@H]1C[C@H]2c3cc(NC(=O)CC4CC4)ccc3O[C@H]2[C@@H](CO)O1)NCc1cc(F)ccc1F. The van der Waals surface area contributed by atoms with E-state index in [1.807, 2.05) is 12.1 Å². The van der Waals surface area contributed by atoms with Crippen molar-refractivity contribution in [3.8, 4) is 5.75 Å². The molecule has 0 spiro atoms. The van der Waals surface area contributed by atoms with Crippen LogP contribution in [0.25, 0.3) is 0 Å². The number of ether oxygens (including phenoxy) is 2. The predicted octanol–water partition coefficient (Wildman–Crippen LogP) is 3.40. The smallest absolute Gasteiger partial charge is 0.224 e. The Morgan fingerprint density at radius 2 is 1.89 bits per heavy atom. The number of hydrogen-bond acceptors (Lipinski definition) is 5. The highest BCUT2D eigenvalue weighted by Gasteiger charge is 2.46. The van der Waals surface area contributed by atoms with Gasteiger partial charge in [-0.15, -0.1) is 0 Å². The van der Waals surface area contributed by atoms with Crippen LogP contribution in [-0.2, 0) is 20.9 Å². The van der Waals surface area contributed by atoms with Crippen molar-refractivity contribution in [1.82, 2.24) is 5.32 Å². The van der Waals surface area contributed by atoms with Gasteiger partial charge in [0.2, 0.25) is 11.8 Å². The number of aliphatic hydroxyl groups is 1. The summed E-state index contributed by atoms with van der Waals surface area (Å²) >= 11 is 0. The fourth-order valence-corrected chi connectivity index (χ4v) is 4.91. The van der Waals surface area contributed by atoms with Crippen molar-refractivity contribution in [1.29, 1.82) is 0 Å². The molecule has 7 nitrogen and oxygen atoms in total. The molecule has 0 unspecified atom stereocenters. The van der Waals surface area contributed by atoms with Crippen molar-refractivity contribution in [3.63, 3.8) is 0 Å². The molecule has 2 fully saturated rings. The number of rotatable bonds is 8. The molecule has 4 atom stereocenters. The lowest BCUT2D eigenvalue weighted by Gasteiger charge is -2.37. The third kappa shape index (κ3) is 5.46. The Morgan fingerprint density at radius 3 is 2.66 bits per heavy atom. The Hall–Kier alpha value is -3.04. The van der Waals surface area contributed by atoms with Crippen LogP contribution in [0, 0.1) is 17.6 Å². The molecule has 2 aliphatic heterocycles. The van der Waals surface area contributed by atoms with Gasteiger partial charge in [0.1, 0.15) is 29.6 Å². The number of nitrogens with one attached hydrogen (secondary N) is 2. The number of amides is 2. The molecule has 1 aliphatic carbocycles. The zero-order valence-electron chi connectivity index (χ0n) is 19.1. The van der Waals surface area contributed by atoms with E-state index in [2.05, 4.69) is 10.6 Å². The maximum Gasteiger partial charge on any atom is 0.224 e. The average Bonchev–Trinajstić information content (AvgIpc) is 3.57. The summed E-state index contributed by atoms with van der Waals surface area (Å²) in [5, 5.41) is 15.5. The average molecular weight is 487 g/mol. The first kappa shape index (κ1) is 23.7. The topological polar surface area (TPSA) is 96.9 Å². The first-order valence-electron chi connectivity index (χ1n) is 12.0. The van der Waals surface area contributed by atoms with Gasteiger partial charge in [0.25, 0.3) is 0 Å². The fraction of sp³-hybridized carbons (Fsp3) is 0.462. The molecule has 35 heavy (non-hydrogen) atoms. The minimum absolute atomic E-state index is 0.00377. The zero-order valence-corrected chi connectivity index (χ0v) is 19.1. The van der Waals surface area contributed by atoms with Crippen LogP contribution in [0.5, 0.6) is 5.75 Å². The minimum Gasteiger partial charge on any atom is -0.487 e. The number of halogens is 2. The second kappa shape index (κ2) is 9.91. The van der Waals surface area contributed by atoms with Crippen molar-refractivity contribution in [2.75, 3.05) is 11.9 Å². The molecule has 9 heteroatoms. The van der Waals surface area contributed by atoms with E-state index in [-0.39, 0.29) is 42.9 Å². The first-order valence-corrected chi connectivity index (χ1v) is 12.0. The molecule has 1 saturated heterocycles. The van der Waals surface area contributed by atoms with Crippen molar-refractivity contribution >= 4 is 17.5 Å². The van der Waals surface area contributed by atoms with E-state index in [9.17, 15) is 23.5 Å². The van der Waals surface area contributed by atoms with Gasteiger partial charge in [0.15, 0.2) is 0 Å². The third-order valence-corrected chi connectivity index (χ3v) is 6.85. The van der Waals surface area contributed by atoms with Crippen LogP contribution < -0.4 is 15.4 Å². The summed E-state index contributed by atoms with van der Waals surface area (Å²) in [6.45, 7) is -0.409. The molecular formula is C26H28F2N2O5. The lowest BCUT2D eigenvalue weighted by Crippen LogP contribution is -2.47. The Morgan fingerprint density at radius 1 is 1.06 bits per heavy atom. The number of benzene rings is 2. The monoisotopic (exact) mass is 486 g/mol. The van der Waals surface area contributed by atoms with Gasteiger partial charge in [0.05, 0.1) is 19.1 Å². The molecule has 2 amide bonds. The van der Waals surface area contributed by atoms with Crippen molar-refractivity contribution in [2.24, 2.45) is 5.92 Å². The molecule has 1 saturated carbocycles. The zero-order chi connectivity index (χ0) is 24.5. The lowest BCUT2D eigenvalue weighted by molar-refractivity contribution is -0.142. The van der Waals surface area contributed by atoms with E-state index >= 15 is 0 Å². The van der Waals surface area contributed by atoms with Crippen LogP contribution in [0.4, 0.5) is 14.5 Å². The van der Waals surface area contributed by atoms with E-state index in [0.29, 0.717) is 30.2 Å². The Labute approximate surface area is 201 Å². The number of aliphatic hydroxyl groups excluding tert-OH is 1. The summed E-state index contributed by atoms with van der Waals surface area (Å²) in [5.74, 6) is -0.498. The highest BCUT2D eigenvalue weighted by atomic mass is 19.1. The normalized spacial score (nSPS) is 24.8. The summed E-state index contributed by atoms with van der Waals surface area (Å²) in [5.41, 5.74) is 1.66. The van der Waals surface area contributed by atoms with Gasteiger partial charge in [-0.3, -0.25) is 9.59 Å². The van der Waals surface area contributed by atoms with E-state index in [1.54, 1.807) is 6.07 Å². The maximum absolute atomic E-state index is 13.8. The summed E-state index contributed by atoms with van der Waals surface area (Å²) in [4.78, 5) is 24.8. The van der Waals surface area contributed by atoms with Gasteiger partial charge >= 0.3 is 0 Å². The van der Waals surface area contributed by atoms with Gasteiger partial charge in [0, 0.05) is 35.7 Å². The van der Waals surface area contributed by atoms with Gasteiger partial charge in [-0.25, -0.2) is 8.78 Å². The number of anilines is 1. The number of carbonyl (C=O) groups excluding carboxylic acids is 2. The van der Waals surface area contributed by atoms with Crippen molar-refractivity contribution in [3.05, 3.63) is 59.2 Å². The lowest BCUT2D eigenvalue weighted by atomic mass is 9.84. The molecule has 2 aromatic carbocycles. The summed E-state index contributed by atoms with van der Waals surface area (Å²) in [7, 11) is 0. The minimum atomic E-state index is -0.618. The Bertz CT molecular complexity index is 1120. The molecule has 3 N–H and O–H groups in total. The highest BCUT2D eigenvalue weighted by molar-refractivity contribution is 5.91. The molecular weight excluding hydrogens is 458 g/mol. The molecule has 0 aromatic heterocycles. The van der Waals surface area contributed by atoms with Crippen LogP contribution in [0.1, 0.15) is 49.1 Å². The molecule has 186 valence electrons. The highest BCUT2D eigenvalue weighted by Crippen LogP contribution is 2.47. The quantitative estimate of drug-likeness (QED) is 0.532. The van der Waals surface area contributed by atoms with Crippen LogP contribution in [0.15, 0.2) is 36.4 Å². The Kier molecular flexibility index (Phi) is 6.71. The second-order valence-corrected chi connectivity index (χ2v) is 9.57. The molecule has 3 aliphatic rings. The van der Waals surface area contributed by atoms with Gasteiger partial charge < -0.3 is 25.2 Å². The van der Waals surface area contributed by atoms with E-state index in [4.69, 9.17) is 9.47 Å². The van der Waals surface area contributed by atoms with Crippen LogP contribution >= 0.6 is 0 Å². The van der Waals surface area contributed by atoms with Crippen LogP contribution in [0.2, 0.25) is 0 Å². The van der Waals surface area contributed by atoms with E-state index in [1.165, 1.54) is 0 Å². The van der Waals surface area contributed by atoms with Gasteiger partial charge in [-0.1, -0.05) is 0 Å². The van der Waals surface area contributed by atoms with Gasteiger partial charge in [-0.05, 0) is 61.6 Å². The molecule has 2 aromatic rings. The fourth-order valence-electron chi connectivity index (χ4n) is 4.91. The van der Waals surface area contributed by atoms with Crippen molar-refractivity contribution in [2.45, 2.75) is 62.9 Å². The number of fused-ring (bicyclic) bond motifs is 3. The van der Waals surface area contributed by atoms with E-state index < -0.39 is 29.9 Å². The largest absolute Gasteiger partial charge is 0.487 e. The number of carbonyl (C=O) groups is 2. The Balaban J connectivity index is 1.23. The second-order valence-electron chi connectivity index (χ2n) is 9.57. The molecule has 2 heterocycles. The summed E-state index contributed by atoms with van der Waals surface area (Å²) < 4.78 is 39.2. The van der Waals surface area contributed by atoms with E-state index in [0.717, 1.165) is 36.6 Å². The predicted molar refractivity (Wildman–Crippen MR) is 123 cm³/mol. The molecule has 0 bridgehead atoms. The first-order chi connectivity index (χ1) is 16.9. The molecule has 0 radical (unpaired) electrons. The number of hydrogen-bond donors (Lipinski definition) is 3.